The van der Waals surface area contributed by atoms with Crippen LogP contribution in [0.3, 0.4) is 0 Å². The third-order valence-corrected chi connectivity index (χ3v) is 9.46. The number of hydrogen-bond donors (Lipinski definition) is 1. The molecule has 53 heavy (non-hydrogen) atoms. The summed E-state index contributed by atoms with van der Waals surface area (Å²) in [6.45, 7) is 25.7. The number of rotatable bonds is 13. The van der Waals surface area contributed by atoms with Gasteiger partial charge in [-0.05, 0) is 125 Å². The average molecular weight is 832 g/mol. The Morgan fingerprint density at radius 3 is 1.64 bits per heavy atom. The van der Waals surface area contributed by atoms with Crippen molar-refractivity contribution in [1.82, 2.24) is 0 Å². The number of carbonyl (C=O) groups is 2. The maximum atomic E-state index is 12.1. The second-order valence-electron chi connectivity index (χ2n) is 12.6. The molecule has 0 spiro atoms. The molecule has 3 aromatic carbocycles. The third kappa shape index (κ3) is 19.8. The highest BCUT2D eigenvalue weighted by molar-refractivity contribution is 7.59. The van der Waals surface area contributed by atoms with Gasteiger partial charge in [0.05, 0.1) is 17.3 Å². The zero-order valence-electron chi connectivity index (χ0n) is 34.4. The minimum Gasteiger partial charge on any atom is -0.382 e. The van der Waals surface area contributed by atoms with Gasteiger partial charge in [0.25, 0.3) is 0 Å². The summed E-state index contributed by atoms with van der Waals surface area (Å²) in [7, 11) is 0. The van der Waals surface area contributed by atoms with Crippen molar-refractivity contribution in [2.45, 2.75) is 134 Å². The molecule has 0 heterocycles. The van der Waals surface area contributed by atoms with Gasteiger partial charge in [0, 0.05) is 24.9 Å². The Hall–Kier alpha value is -2.16. The molecule has 10 heteroatoms. The van der Waals surface area contributed by atoms with Crippen molar-refractivity contribution in [3.63, 3.8) is 0 Å². The van der Waals surface area contributed by atoms with Gasteiger partial charge in [-0.3, -0.25) is 14.6 Å². The summed E-state index contributed by atoms with van der Waals surface area (Å²) in [5, 5.41) is 3.07. The van der Waals surface area contributed by atoms with E-state index >= 15 is 0 Å². The number of nitrogens with one attached hydrogen (secondary N) is 1. The lowest BCUT2D eigenvalue weighted by Gasteiger charge is -2.31. The first-order chi connectivity index (χ1) is 24.2. The van der Waals surface area contributed by atoms with E-state index in [1.807, 2.05) is 24.0 Å². The topological polar surface area (TPSA) is 61.8 Å². The molecule has 0 aromatic heterocycles. The highest BCUT2D eigenvalue weighted by atomic mass is 35.5. The van der Waals surface area contributed by atoms with Crippen molar-refractivity contribution in [3.8, 4) is 0 Å². The van der Waals surface area contributed by atoms with Crippen LogP contribution in [0.15, 0.2) is 59.6 Å². The Morgan fingerprint density at radius 2 is 1.21 bits per heavy atom. The van der Waals surface area contributed by atoms with E-state index in [-0.39, 0.29) is 52.1 Å². The molecule has 0 aliphatic heterocycles. The highest BCUT2D eigenvalue weighted by Crippen LogP contribution is 2.29. The van der Waals surface area contributed by atoms with Gasteiger partial charge in [-0.25, -0.2) is 0 Å². The summed E-state index contributed by atoms with van der Waals surface area (Å²) in [5.41, 5.74) is 12.5. The van der Waals surface area contributed by atoms with Gasteiger partial charge < -0.3 is 10.2 Å². The summed E-state index contributed by atoms with van der Waals surface area (Å²) in [4.78, 5) is 28.1. The fraction of sp³-hybridized carbons (Fsp3) is 0.512. The van der Waals surface area contributed by atoms with Gasteiger partial charge in [0.1, 0.15) is 5.88 Å². The van der Waals surface area contributed by atoms with Crippen molar-refractivity contribution in [2.75, 3.05) is 22.0 Å². The van der Waals surface area contributed by atoms with Crippen molar-refractivity contribution in [3.05, 3.63) is 88.0 Å². The van der Waals surface area contributed by atoms with Crippen LogP contribution in [0.5, 0.6) is 0 Å². The van der Waals surface area contributed by atoms with Gasteiger partial charge in [-0.15, -0.1) is 23.2 Å². The van der Waals surface area contributed by atoms with Crippen molar-refractivity contribution in [2.24, 2.45) is 4.99 Å². The van der Waals surface area contributed by atoms with E-state index < -0.39 is 5.24 Å². The number of alkyl halides is 2. The normalized spacial score (nSPS) is 11.3. The number of benzene rings is 3. The first-order valence-corrected chi connectivity index (χ1v) is 19.8. The van der Waals surface area contributed by atoms with Crippen LogP contribution in [0.4, 0.5) is 17.1 Å². The molecular formula is C43H70Cl3N3O2S2. The lowest BCUT2D eigenvalue weighted by molar-refractivity contribution is -0.116. The Balaban J connectivity index is -0.000000320. The first-order valence-electron chi connectivity index (χ1n) is 18.4. The fourth-order valence-corrected chi connectivity index (χ4v) is 5.33. The standard InChI is InChI=1S/C15H22ClNO.C13H21N.C13H19N.C2H2Cl2O.2H2S.H2/c1-5-12(4)17(14(18)10-16)15-11(3)8-7-9-13(15)6-2;2*1-5-11(4)14-13-10(3)8-7-9-12(13)6-2;3-1-2(4)5;;;/h7-9,12H,5-6,10H2,1-4H3;7-9,11,14H,5-6H2,1-4H3;7-9H,5-6H2,1-4H3;1H2;2*1H2;1H. The van der Waals surface area contributed by atoms with Crippen LogP contribution in [0.1, 0.15) is 116 Å². The Morgan fingerprint density at radius 1 is 0.736 bits per heavy atom. The van der Waals surface area contributed by atoms with Gasteiger partial charge in [-0.1, -0.05) is 96.1 Å². The minimum absolute atomic E-state index is 0. The van der Waals surface area contributed by atoms with Crippen LogP contribution in [-0.4, -0.2) is 40.7 Å². The van der Waals surface area contributed by atoms with Gasteiger partial charge >= 0.3 is 0 Å². The maximum Gasteiger partial charge on any atom is 0.242 e. The predicted octanol–water partition coefficient (Wildman–Crippen LogP) is 13.2. The number of nitrogens with zero attached hydrogens (tertiary/aromatic N) is 2. The number of carbonyl (C=O) groups excluding carboxylic acids is 2. The van der Waals surface area contributed by atoms with E-state index in [1.165, 1.54) is 44.9 Å². The number of anilines is 2. The summed E-state index contributed by atoms with van der Waals surface area (Å²) < 4.78 is 0. The predicted molar refractivity (Wildman–Crippen MR) is 251 cm³/mol. The molecule has 302 valence electrons. The number of amides is 1. The molecule has 0 aliphatic carbocycles. The van der Waals surface area contributed by atoms with Gasteiger partial charge in [0.15, 0.2) is 0 Å². The molecule has 2 atom stereocenters. The molecule has 3 rings (SSSR count). The Bertz CT molecular complexity index is 1530. The minimum atomic E-state index is -0.508. The summed E-state index contributed by atoms with van der Waals surface area (Å²) in [5.74, 6) is -0.0846. The first kappa shape index (κ1) is 55.2. The average Bonchev–Trinajstić information content (AvgIpc) is 3.14. The maximum absolute atomic E-state index is 12.1. The zero-order valence-corrected chi connectivity index (χ0v) is 38.6. The van der Waals surface area contributed by atoms with Crippen LogP contribution >= 0.6 is 61.8 Å². The van der Waals surface area contributed by atoms with Crippen LogP contribution in [0.2, 0.25) is 0 Å². The third-order valence-electron chi connectivity index (χ3n) is 8.72. The molecule has 0 radical (unpaired) electrons. The largest absolute Gasteiger partial charge is 0.382 e. The number of hydrogen-bond acceptors (Lipinski definition) is 4. The number of halogens is 3. The van der Waals surface area contributed by atoms with E-state index in [9.17, 15) is 9.59 Å². The van der Waals surface area contributed by atoms with Gasteiger partial charge in [0.2, 0.25) is 11.1 Å². The molecule has 0 aliphatic rings. The van der Waals surface area contributed by atoms with Crippen LogP contribution in [-0.2, 0) is 28.9 Å². The lowest BCUT2D eigenvalue weighted by atomic mass is 10.0. The molecular weight excluding hydrogens is 761 g/mol. The summed E-state index contributed by atoms with van der Waals surface area (Å²) in [6.07, 6.45) is 6.17. The smallest absolute Gasteiger partial charge is 0.242 e. The molecule has 1 amide bonds. The molecule has 3 aromatic rings. The number of para-hydroxylation sites is 3. The second kappa shape index (κ2) is 31.1. The SMILES string of the molecule is CCC(C)=Nc1c(C)cccc1CC.CCc1cccc(C)c1N(C(=O)CCl)C(C)CC.CCc1cccc(C)c1NC(C)CC.O=C(Cl)CCl.S.S.[HH]. The molecule has 0 saturated carbocycles. The van der Waals surface area contributed by atoms with Crippen molar-refractivity contribution >= 4 is 95.7 Å². The summed E-state index contributed by atoms with van der Waals surface area (Å²) >= 11 is 15.3. The fourth-order valence-electron chi connectivity index (χ4n) is 5.20. The van der Waals surface area contributed by atoms with Crippen LogP contribution < -0.4 is 10.2 Å². The number of aliphatic imine (C=N–C) groups is 1. The van der Waals surface area contributed by atoms with E-state index in [2.05, 4.69) is 129 Å². The summed E-state index contributed by atoms with van der Waals surface area (Å²) in [6, 6.07) is 19.8. The monoisotopic (exact) mass is 829 g/mol. The molecule has 2 unspecified atom stereocenters. The van der Waals surface area contributed by atoms with E-state index in [1.54, 1.807) is 0 Å². The lowest BCUT2D eigenvalue weighted by Crippen LogP contribution is -2.40. The van der Waals surface area contributed by atoms with E-state index in [4.69, 9.17) is 34.8 Å². The molecule has 5 nitrogen and oxygen atoms in total. The Kier molecular flexibility index (Phi) is 32.4. The second-order valence-corrected chi connectivity index (χ2v) is 13.6. The molecule has 0 fully saturated rings. The molecule has 0 bridgehead atoms. The zero-order chi connectivity index (χ0) is 39.1. The molecule has 0 saturated heterocycles. The van der Waals surface area contributed by atoms with Gasteiger partial charge in [-0.2, -0.15) is 27.0 Å². The number of aryl methyl sites for hydroxylation is 6. The quantitative estimate of drug-likeness (QED) is 0.106. The van der Waals surface area contributed by atoms with Crippen molar-refractivity contribution in [1.29, 1.82) is 0 Å². The van der Waals surface area contributed by atoms with E-state index in [0.717, 1.165) is 49.8 Å². The highest BCUT2D eigenvalue weighted by Gasteiger charge is 2.23. The Labute approximate surface area is 353 Å². The van der Waals surface area contributed by atoms with Crippen LogP contribution in [0, 0.1) is 20.8 Å². The van der Waals surface area contributed by atoms with Crippen LogP contribution in [0.25, 0.3) is 0 Å². The molecule has 1 N–H and O–H groups in total. The van der Waals surface area contributed by atoms with Crippen molar-refractivity contribution < 1.29 is 11.0 Å². The van der Waals surface area contributed by atoms with E-state index in [0.29, 0.717) is 6.04 Å².